The quantitative estimate of drug-likeness (QED) is 0.550. The van der Waals surface area contributed by atoms with Crippen LogP contribution in [0, 0.1) is 0 Å². The molecule has 0 aliphatic heterocycles. The van der Waals surface area contributed by atoms with Gasteiger partial charge in [0.15, 0.2) is 9.47 Å². The van der Waals surface area contributed by atoms with Crippen molar-refractivity contribution in [1.29, 1.82) is 0 Å². The van der Waals surface area contributed by atoms with Gasteiger partial charge in [-0.05, 0) is 37.8 Å². The molecule has 1 aliphatic carbocycles. The number of carbonyl (C=O) groups excluding carboxylic acids is 1. The first-order chi connectivity index (χ1) is 12.7. The summed E-state index contributed by atoms with van der Waals surface area (Å²) < 4.78 is 0.878. The van der Waals surface area contributed by atoms with Crippen molar-refractivity contribution < 1.29 is 4.79 Å². The van der Waals surface area contributed by atoms with Crippen LogP contribution in [0.2, 0.25) is 5.02 Å². The van der Waals surface area contributed by atoms with E-state index < -0.39 is 0 Å². The highest BCUT2D eigenvalue weighted by atomic mass is 35.5. The number of thioether (sulfide) groups is 1. The monoisotopic (exact) mass is 421 g/mol. The van der Waals surface area contributed by atoms with Crippen LogP contribution in [0.4, 0.5) is 5.13 Å². The minimum Gasteiger partial charge on any atom is -0.301 e. The predicted octanol–water partition coefficient (Wildman–Crippen LogP) is 5.53. The molecule has 0 spiro atoms. The van der Waals surface area contributed by atoms with E-state index in [0.29, 0.717) is 10.8 Å². The van der Waals surface area contributed by atoms with Gasteiger partial charge in [0.05, 0.1) is 17.1 Å². The Morgan fingerprint density at radius 1 is 1.19 bits per heavy atom. The number of halogens is 1. The third kappa shape index (κ3) is 4.28. The number of amides is 1. The highest BCUT2D eigenvalue weighted by Gasteiger charge is 2.16. The largest absolute Gasteiger partial charge is 0.301 e. The van der Waals surface area contributed by atoms with Gasteiger partial charge >= 0.3 is 0 Å². The van der Waals surface area contributed by atoms with E-state index in [1.165, 1.54) is 29.5 Å². The first-order valence-corrected chi connectivity index (χ1v) is 11.4. The second-order valence-electron chi connectivity index (χ2n) is 5.94. The molecule has 8 heteroatoms. The second-order valence-corrected chi connectivity index (χ2v) is 9.54. The number of benzene rings is 1. The molecule has 0 saturated carbocycles. The smallest absolute Gasteiger partial charge is 0.236 e. The molecular formula is C18H16ClN3OS3. The topological polar surface area (TPSA) is 54.9 Å². The van der Waals surface area contributed by atoms with Gasteiger partial charge < -0.3 is 5.32 Å². The fourth-order valence-electron chi connectivity index (χ4n) is 2.76. The Labute approximate surface area is 169 Å². The Hall–Kier alpha value is -1.41. The number of aromatic nitrogens is 2. The Balaban J connectivity index is 1.33. The lowest BCUT2D eigenvalue weighted by molar-refractivity contribution is -0.113. The van der Waals surface area contributed by atoms with Crippen LogP contribution < -0.4 is 5.32 Å². The molecule has 0 radical (unpaired) electrons. The summed E-state index contributed by atoms with van der Waals surface area (Å²) in [5, 5.41) is 6.36. The van der Waals surface area contributed by atoms with E-state index in [-0.39, 0.29) is 5.91 Å². The molecule has 26 heavy (non-hydrogen) atoms. The van der Waals surface area contributed by atoms with Crippen molar-refractivity contribution in [1.82, 2.24) is 9.97 Å². The van der Waals surface area contributed by atoms with Gasteiger partial charge in [-0.15, -0.1) is 22.7 Å². The molecular weight excluding hydrogens is 406 g/mol. The summed E-state index contributed by atoms with van der Waals surface area (Å²) in [5.41, 5.74) is 3.09. The standard InChI is InChI=1S/C18H16ClN3OS3/c19-12-7-5-11(6-8-12)14-9-24-18(21-14)25-10-16(23)22-17-20-13-3-1-2-4-15(13)26-17/h5-9H,1-4,10H2,(H,20,22,23). The van der Waals surface area contributed by atoms with Gasteiger partial charge in [0.2, 0.25) is 5.91 Å². The number of rotatable bonds is 5. The number of thiazole rings is 2. The zero-order valence-electron chi connectivity index (χ0n) is 13.8. The van der Waals surface area contributed by atoms with Crippen LogP contribution in [0.25, 0.3) is 11.3 Å². The molecule has 0 fully saturated rings. The van der Waals surface area contributed by atoms with E-state index in [1.807, 2.05) is 29.6 Å². The van der Waals surface area contributed by atoms with E-state index in [4.69, 9.17) is 11.6 Å². The number of anilines is 1. The zero-order chi connectivity index (χ0) is 17.9. The van der Waals surface area contributed by atoms with E-state index in [2.05, 4.69) is 15.3 Å². The van der Waals surface area contributed by atoms with Crippen molar-refractivity contribution in [2.45, 2.75) is 30.0 Å². The molecule has 3 aromatic rings. The predicted molar refractivity (Wildman–Crippen MR) is 111 cm³/mol. The highest BCUT2D eigenvalue weighted by molar-refractivity contribution is 8.01. The molecule has 1 aliphatic rings. The molecule has 0 saturated heterocycles. The molecule has 1 aromatic carbocycles. The Bertz CT molecular complexity index is 897. The van der Waals surface area contributed by atoms with Gasteiger partial charge in [-0.2, -0.15) is 0 Å². The van der Waals surface area contributed by atoms with Crippen LogP contribution in [-0.2, 0) is 17.6 Å². The lowest BCUT2D eigenvalue weighted by atomic mass is 10.0. The Kier molecular flexibility index (Phi) is 5.59. The normalized spacial score (nSPS) is 13.4. The summed E-state index contributed by atoms with van der Waals surface area (Å²) in [6.45, 7) is 0. The first kappa shape index (κ1) is 18.0. The summed E-state index contributed by atoms with van der Waals surface area (Å²) in [7, 11) is 0. The van der Waals surface area contributed by atoms with E-state index in [0.717, 1.165) is 39.3 Å². The van der Waals surface area contributed by atoms with Gasteiger partial charge in [0, 0.05) is 20.8 Å². The van der Waals surface area contributed by atoms with Gasteiger partial charge in [0.25, 0.3) is 0 Å². The minimum atomic E-state index is -0.0376. The van der Waals surface area contributed by atoms with Crippen LogP contribution in [-0.4, -0.2) is 21.6 Å². The highest BCUT2D eigenvalue weighted by Crippen LogP contribution is 2.31. The van der Waals surface area contributed by atoms with E-state index >= 15 is 0 Å². The molecule has 1 amide bonds. The molecule has 0 bridgehead atoms. The SMILES string of the molecule is O=C(CSc1nc(-c2ccc(Cl)cc2)cs1)Nc1nc2c(s1)CCCC2. The molecule has 2 aromatic heterocycles. The van der Waals surface area contributed by atoms with Crippen LogP contribution in [0.3, 0.4) is 0 Å². The third-order valence-electron chi connectivity index (χ3n) is 4.04. The number of hydrogen-bond donors (Lipinski definition) is 1. The average molecular weight is 422 g/mol. The van der Waals surface area contributed by atoms with Crippen molar-refractivity contribution in [2.75, 3.05) is 11.1 Å². The summed E-state index contributed by atoms with van der Waals surface area (Å²) in [6.07, 6.45) is 4.53. The van der Waals surface area contributed by atoms with Crippen LogP contribution in [0.15, 0.2) is 34.0 Å². The van der Waals surface area contributed by atoms with Crippen LogP contribution in [0.1, 0.15) is 23.4 Å². The van der Waals surface area contributed by atoms with Crippen molar-refractivity contribution in [2.24, 2.45) is 0 Å². The third-order valence-corrected chi connectivity index (χ3v) is 7.39. The number of carbonyl (C=O) groups is 1. The van der Waals surface area contributed by atoms with Crippen LogP contribution in [0.5, 0.6) is 0 Å². The number of nitrogens with zero attached hydrogens (tertiary/aromatic N) is 2. The fraction of sp³-hybridized carbons (Fsp3) is 0.278. The summed E-state index contributed by atoms with van der Waals surface area (Å²) in [5.74, 6) is 0.294. The van der Waals surface area contributed by atoms with Gasteiger partial charge in [-0.3, -0.25) is 4.79 Å². The average Bonchev–Trinajstić information content (AvgIpc) is 3.27. The zero-order valence-corrected chi connectivity index (χ0v) is 17.0. The van der Waals surface area contributed by atoms with Gasteiger partial charge in [-0.25, -0.2) is 9.97 Å². The maximum atomic E-state index is 12.2. The van der Waals surface area contributed by atoms with E-state index in [1.54, 1.807) is 22.7 Å². The van der Waals surface area contributed by atoms with E-state index in [9.17, 15) is 4.79 Å². The molecule has 2 heterocycles. The number of hydrogen-bond acceptors (Lipinski definition) is 6. The van der Waals surface area contributed by atoms with Crippen molar-refractivity contribution in [3.63, 3.8) is 0 Å². The molecule has 0 atom stereocenters. The number of fused-ring (bicyclic) bond motifs is 1. The number of aryl methyl sites for hydroxylation is 2. The number of nitrogens with one attached hydrogen (secondary N) is 1. The molecule has 4 nitrogen and oxygen atoms in total. The Morgan fingerprint density at radius 2 is 2.00 bits per heavy atom. The first-order valence-electron chi connectivity index (χ1n) is 8.30. The summed E-state index contributed by atoms with van der Waals surface area (Å²) in [6, 6.07) is 7.60. The maximum Gasteiger partial charge on any atom is 0.236 e. The lowest BCUT2D eigenvalue weighted by Crippen LogP contribution is -2.13. The lowest BCUT2D eigenvalue weighted by Gasteiger charge is -2.06. The van der Waals surface area contributed by atoms with Gasteiger partial charge in [-0.1, -0.05) is 35.5 Å². The van der Waals surface area contributed by atoms with Crippen LogP contribution >= 0.6 is 46.0 Å². The Morgan fingerprint density at radius 3 is 2.81 bits per heavy atom. The second kappa shape index (κ2) is 8.08. The maximum absolute atomic E-state index is 12.2. The summed E-state index contributed by atoms with van der Waals surface area (Å²) >= 11 is 10.5. The molecule has 1 N–H and O–H groups in total. The van der Waals surface area contributed by atoms with Crippen molar-refractivity contribution in [3.8, 4) is 11.3 Å². The summed E-state index contributed by atoms with van der Waals surface area (Å²) in [4.78, 5) is 22.7. The molecule has 4 rings (SSSR count). The fourth-order valence-corrected chi connectivity index (χ4v) is 5.59. The molecule has 0 unspecified atom stereocenters. The van der Waals surface area contributed by atoms with Crippen molar-refractivity contribution in [3.05, 3.63) is 45.2 Å². The minimum absolute atomic E-state index is 0.0376. The van der Waals surface area contributed by atoms with Gasteiger partial charge in [0.1, 0.15) is 0 Å². The molecule has 134 valence electrons. The van der Waals surface area contributed by atoms with Crippen molar-refractivity contribution >= 4 is 57.1 Å².